The summed E-state index contributed by atoms with van der Waals surface area (Å²) in [7, 11) is -2.84. The average molecular weight is 296 g/mol. The van der Waals surface area contributed by atoms with Crippen LogP contribution >= 0.6 is 11.8 Å². The number of rotatable bonds is 2. The minimum absolute atomic E-state index is 0.112. The van der Waals surface area contributed by atoms with Crippen LogP contribution < -0.4 is 5.32 Å². The van der Waals surface area contributed by atoms with Crippen molar-refractivity contribution in [3.8, 4) is 0 Å². The molecule has 0 amide bonds. The van der Waals surface area contributed by atoms with Crippen LogP contribution in [0.25, 0.3) is 0 Å². The van der Waals surface area contributed by atoms with Crippen LogP contribution in [0.1, 0.15) is 5.56 Å². The van der Waals surface area contributed by atoms with Gasteiger partial charge < -0.3 is 0 Å². The second-order valence-electron chi connectivity index (χ2n) is 4.66. The van der Waals surface area contributed by atoms with E-state index in [1.54, 1.807) is 6.21 Å². The minimum Gasteiger partial charge on any atom is -0.286 e. The smallest absolute Gasteiger partial charge is 0.280 e. The van der Waals surface area contributed by atoms with Gasteiger partial charge in [-0.3, -0.25) is 5.32 Å². The Morgan fingerprint density at radius 3 is 2.79 bits per heavy atom. The van der Waals surface area contributed by atoms with Crippen molar-refractivity contribution in [2.45, 2.75) is 11.3 Å². The van der Waals surface area contributed by atoms with E-state index in [-0.39, 0.29) is 22.8 Å². The molecule has 2 heterocycles. The largest absolute Gasteiger partial charge is 0.286 e. The highest BCUT2D eigenvalue weighted by Crippen LogP contribution is 2.26. The second kappa shape index (κ2) is 5.07. The monoisotopic (exact) mass is 296 g/mol. The molecule has 0 radical (unpaired) electrons. The molecule has 0 aliphatic carbocycles. The molecule has 2 aliphatic rings. The fourth-order valence-electron chi connectivity index (χ4n) is 2.25. The summed E-state index contributed by atoms with van der Waals surface area (Å²) < 4.78 is 22.9. The SMILES string of the molecule is O=S1(=O)C[C@@H]2[NH2+]/C(=N/N=C/c3ccccc3)S[C@@H]2C1. The number of hydrogen-bond donors (Lipinski definition) is 1. The van der Waals surface area contributed by atoms with E-state index in [1.165, 1.54) is 11.8 Å². The highest BCUT2D eigenvalue weighted by molar-refractivity contribution is 8.15. The molecule has 100 valence electrons. The summed E-state index contributed by atoms with van der Waals surface area (Å²) in [4.78, 5) is 0. The molecule has 2 N–H and O–H groups in total. The summed E-state index contributed by atoms with van der Waals surface area (Å²) in [5, 5.41) is 11.1. The molecule has 0 aromatic heterocycles. The Kier molecular flexibility index (Phi) is 3.42. The number of nitrogens with two attached hydrogens (primary N) is 1. The van der Waals surface area contributed by atoms with E-state index >= 15 is 0 Å². The number of benzene rings is 1. The lowest BCUT2D eigenvalue weighted by Gasteiger charge is -1.96. The summed E-state index contributed by atoms with van der Waals surface area (Å²) in [6.07, 6.45) is 1.70. The van der Waals surface area contributed by atoms with Gasteiger partial charge in [0, 0.05) is 0 Å². The van der Waals surface area contributed by atoms with Gasteiger partial charge in [0.2, 0.25) is 0 Å². The zero-order valence-electron chi connectivity index (χ0n) is 10.1. The maximum atomic E-state index is 11.4. The second-order valence-corrected chi connectivity index (χ2v) is 8.07. The molecular formula is C12H14N3O2S2+. The van der Waals surface area contributed by atoms with Gasteiger partial charge in [0.25, 0.3) is 5.17 Å². The highest BCUT2D eigenvalue weighted by Gasteiger charge is 2.47. The third-order valence-corrected chi connectivity index (χ3v) is 6.38. The van der Waals surface area contributed by atoms with Crippen molar-refractivity contribution in [3.05, 3.63) is 35.9 Å². The first-order valence-electron chi connectivity index (χ1n) is 6.00. The number of nitrogens with zero attached hydrogens (tertiary/aromatic N) is 2. The normalized spacial score (nSPS) is 31.1. The zero-order chi connectivity index (χ0) is 13.3. The molecule has 0 bridgehead atoms. The van der Waals surface area contributed by atoms with E-state index in [4.69, 9.17) is 0 Å². The van der Waals surface area contributed by atoms with Gasteiger partial charge in [-0.05, 0) is 17.3 Å². The first-order chi connectivity index (χ1) is 9.12. The molecule has 2 aliphatic heterocycles. The van der Waals surface area contributed by atoms with Crippen molar-refractivity contribution >= 4 is 33.0 Å². The molecule has 1 aromatic carbocycles. The molecule has 5 nitrogen and oxygen atoms in total. The van der Waals surface area contributed by atoms with E-state index in [0.29, 0.717) is 0 Å². The summed E-state index contributed by atoms with van der Waals surface area (Å²) in [6, 6.07) is 9.86. The number of fused-ring (bicyclic) bond motifs is 1. The zero-order valence-corrected chi connectivity index (χ0v) is 11.8. The average Bonchev–Trinajstić information content (AvgIpc) is 2.83. The van der Waals surface area contributed by atoms with Crippen LogP contribution in [0.3, 0.4) is 0 Å². The molecule has 2 atom stereocenters. The van der Waals surface area contributed by atoms with Gasteiger partial charge in [-0.25, -0.2) is 8.42 Å². The number of quaternary nitrogens is 1. The van der Waals surface area contributed by atoms with Crippen LogP contribution in [0.2, 0.25) is 0 Å². The maximum absolute atomic E-state index is 11.4. The fraction of sp³-hybridized carbons (Fsp3) is 0.333. The Morgan fingerprint density at radius 1 is 1.26 bits per heavy atom. The van der Waals surface area contributed by atoms with E-state index in [9.17, 15) is 8.42 Å². The molecular weight excluding hydrogens is 282 g/mol. The van der Waals surface area contributed by atoms with E-state index in [0.717, 1.165) is 10.7 Å². The molecule has 2 fully saturated rings. The first kappa shape index (κ1) is 12.8. The first-order valence-corrected chi connectivity index (χ1v) is 8.70. The lowest BCUT2D eigenvalue weighted by atomic mass is 10.2. The predicted molar refractivity (Wildman–Crippen MR) is 77.2 cm³/mol. The molecule has 3 rings (SSSR count). The van der Waals surface area contributed by atoms with Gasteiger partial charge in [0.15, 0.2) is 9.84 Å². The Balaban J connectivity index is 1.64. The summed E-state index contributed by atoms with van der Waals surface area (Å²) in [5.41, 5.74) is 0.998. The van der Waals surface area contributed by atoms with Crippen molar-refractivity contribution in [1.82, 2.24) is 0 Å². The third-order valence-electron chi connectivity index (χ3n) is 3.13. The summed E-state index contributed by atoms with van der Waals surface area (Å²) in [6.45, 7) is 0. The Morgan fingerprint density at radius 2 is 2.05 bits per heavy atom. The van der Waals surface area contributed by atoms with Gasteiger partial charge in [0.05, 0.1) is 17.2 Å². The van der Waals surface area contributed by atoms with Crippen molar-refractivity contribution in [3.63, 3.8) is 0 Å². The Labute approximate surface area is 116 Å². The van der Waals surface area contributed by atoms with Crippen molar-refractivity contribution in [1.29, 1.82) is 0 Å². The number of hydrogen-bond acceptors (Lipinski definition) is 5. The Bertz CT molecular complexity index is 604. The topological polar surface area (TPSA) is 75.5 Å². The van der Waals surface area contributed by atoms with Crippen LogP contribution in [0.4, 0.5) is 0 Å². The number of thioether (sulfide) groups is 1. The van der Waals surface area contributed by atoms with E-state index in [2.05, 4.69) is 10.2 Å². The number of amidine groups is 1. The number of sulfone groups is 1. The lowest BCUT2D eigenvalue weighted by molar-refractivity contribution is -0.563. The summed E-state index contributed by atoms with van der Waals surface area (Å²) >= 11 is 1.52. The molecule has 2 saturated heterocycles. The standard InChI is InChI=1S/C12H13N3O2S2/c16-19(17)7-10-11(8-19)18-12(14-10)15-13-6-9-4-2-1-3-5-9/h1-6,10-11H,7-8H2,(H,14,15)/p+1/b13-6+/t10-,11+/m0/s1. The van der Waals surface area contributed by atoms with Crippen LogP contribution in [0.5, 0.6) is 0 Å². The van der Waals surface area contributed by atoms with E-state index < -0.39 is 9.84 Å². The van der Waals surface area contributed by atoms with Crippen LogP contribution in [-0.2, 0) is 9.84 Å². The van der Waals surface area contributed by atoms with Crippen molar-refractivity contribution in [2.24, 2.45) is 10.2 Å². The molecule has 0 saturated carbocycles. The van der Waals surface area contributed by atoms with Gasteiger partial charge in [-0.1, -0.05) is 35.4 Å². The highest BCUT2D eigenvalue weighted by atomic mass is 32.2. The minimum atomic E-state index is -2.84. The lowest BCUT2D eigenvalue weighted by Crippen LogP contribution is -2.91. The van der Waals surface area contributed by atoms with Crippen molar-refractivity contribution < 1.29 is 13.7 Å². The quantitative estimate of drug-likeness (QED) is 0.609. The molecule has 1 aromatic rings. The van der Waals surface area contributed by atoms with Crippen molar-refractivity contribution in [2.75, 3.05) is 11.5 Å². The van der Waals surface area contributed by atoms with Crippen LogP contribution in [0, 0.1) is 0 Å². The molecule has 0 unspecified atom stereocenters. The summed E-state index contributed by atoms with van der Waals surface area (Å²) in [5.74, 6) is 0.520. The maximum Gasteiger partial charge on any atom is 0.280 e. The van der Waals surface area contributed by atoms with Crippen LogP contribution in [0.15, 0.2) is 40.5 Å². The van der Waals surface area contributed by atoms with Gasteiger partial charge >= 0.3 is 0 Å². The third kappa shape index (κ3) is 3.05. The van der Waals surface area contributed by atoms with E-state index in [1.807, 2.05) is 35.6 Å². The van der Waals surface area contributed by atoms with Gasteiger partial charge in [-0.15, -0.1) is 0 Å². The molecule has 0 spiro atoms. The predicted octanol–water partition coefficient (Wildman–Crippen LogP) is -0.148. The molecule has 7 heteroatoms. The molecule has 19 heavy (non-hydrogen) atoms. The fourth-order valence-corrected chi connectivity index (χ4v) is 6.07. The van der Waals surface area contributed by atoms with Gasteiger partial charge in [-0.2, -0.15) is 5.10 Å². The van der Waals surface area contributed by atoms with Gasteiger partial charge in [0.1, 0.15) is 11.8 Å². The van der Waals surface area contributed by atoms with Crippen LogP contribution in [-0.4, -0.2) is 42.6 Å². The Hall–Kier alpha value is -1.18.